The van der Waals surface area contributed by atoms with Crippen LogP contribution in [-0.4, -0.2) is 17.9 Å². The van der Waals surface area contributed by atoms with Gasteiger partial charge in [-0.15, -0.1) is 0 Å². The van der Waals surface area contributed by atoms with Crippen molar-refractivity contribution < 1.29 is 33.0 Å². The van der Waals surface area contributed by atoms with Gasteiger partial charge in [-0.3, -0.25) is 0 Å². The Balaban J connectivity index is 1.91. The maximum absolute atomic E-state index is 15.0. The SMILES string of the molecule is C=CC(=O)Oc1ccc(C#Cc2cc(OC(=O)C(=C)C)c(C#Cc3ccc(OC(=O)C=C)cc3)cc2F)cc1. The first-order valence-corrected chi connectivity index (χ1v) is 11.3. The summed E-state index contributed by atoms with van der Waals surface area (Å²) >= 11 is 0. The molecule has 0 aromatic heterocycles. The highest BCUT2D eigenvalue weighted by Crippen LogP contribution is 2.24. The number of carbonyl (C=O) groups is 3. The minimum absolute atomic E-state index is 0.00409. The third-order valence-corrected chi connectivity index (χ3v) is 4.78. The van der Waals surface area contributed by atoms with Crippen LogP contribution in [0.4, 0.5) is 4.39 Å². The lowest BCUT2D eigenvalue weighted by Gasteiger charge is -2.08. The summed E-state index contributed by atoms with van der Waals surface area (Å²) in [6.07, 6.45) is 2.09. The van der Waals surface area contributed by atoms with Gasteiger partial charge < -0.3 is 14.2 Å². The number of ether oxygens (including phenoxy) is 3. The number of esters is 3. The van der Waals surface area contributed by atoms with Gasteiger partial charge in [-0.1, -0.05) is 43.4 Å². The number of rotatable bonds is 6. The Hall–Kier alpha value is -5.66. The molecular formula is C32H21FO6. The summed E-state index contributed by atoms with van der Waals surface area (Å²) in [5, 5.41) is 0. The van der Waals surface area contributed by atoms with Gasteiger partial charge in [0.1, 0.15) is 23.1 Å². The van der Waals surface area contributed by atoms with Crippen molar-refractivity contribution in [3.8, 4) is 40.9 Å². The summed E-state index contributed by atoms with van der Waals surface area (Å²) in [7, 11) is 0. The Morgan fingerprint density at radius 3 is 1.62 bits per heavy atom. The van der Waals surface area contributed by atoms with Gasteiger partial charge in [-0.2, -0.15) is 0 Å². The molecule has 6 nitrogen and oxygen atoms in total. The summed E-state index contributed by atoms with van der Waals surface area (Å²) in [6, 6.07) is 15.0. The molecule has 3 aromatic carbocycles. The Morgan fingerprint density at radius 1 is 0.718 bits per heavy atom. The Kier molecular flexibility index (Phi) is 9.34. The molecule has 7 heteroatoms. The van der Waals surface area contributed by atoms with Crippen LogP contribution >= 0.6 is 0 Å². The smallest absolute Gasteiger partial charge is 0.338 e. The lowest BCUT2D eigenvalue weighted by molar-refractivity contribution is -0.130. The molecular weight excluding hydrogens is 499 g/mol. The molecule has 0 N–H and O–H groups in total. The van der Waals surface area contributed by atoms with Gasteiger partial charge in [-0.05, 0) is 61.5 Å². The molecule has 0 saturated heterocycles. The van der Waals surface area contributed by atoms with Crippen LogP contribution in [0.5, 0.6) is 17.2 Å². The van der Waals surface area contributed by atoms with Crippen molar-refractivity contribution in [2.45, 2.75) is 6.92 Å². The lowest BCUT2D eigenvalue weighted by atomic mass is 10.1. The fourth-order valence-electron chi connectivity index (χ4n) is 2.83. The first-order chi connectivity index (χ1) is 18.7. The standard InChI is InChI=1S/C32H21FO6/c1-5-30(34)37-26-15-9-22(10-16-26)7-13-24-20-29(39-32(36)21(3)4)25(19-28(24)33)14-8-23-11-17-27(18-12-23)38-31(35)6-2/h5-6,9-12,15-20H,1-3H2,4H3. The van der Waals surface area contributed by atoms with Crippen molar-refractivity contribution in [3.63, 3.8) is 0 Å². The molecule has 0 amide bonds. The molecule has 3 rings (SSSR count). The lowest BCUT2D eigenvalue weighted by Crippen LogP contribution is -2.09. The van der Waals surface area contributed by atoms with Crippen molar-refractivity contribution in [1.82, 2.24) is 0 Å². The minimum atomic E-state index is -0.707. The number of benzene rings is 3. The van der Waals surface area contributed by atoms with Gasteiger partial charge >= 0.3 is 17.9 Å². The normalized spacial score (nSPS) is 9.49. The van der Waals surface area contributed by atoms with E-state index in [0.29, 0.717) is 22.6 Å². The Bertz CT molecular complexity index is 1590. The van der Waals surface area contributed by atoms with Crippen LogP contribution in [0.3, 0.4) is 0 Å². The molecule has 0 spiro atoms. The zero-order valence-corrected chi connectivity index (χ0v) is 20.9. The van der Waals surface area contributed by atoms with Gasteiger partial charge in [0, 0.05) is 34.9 Å². The quantitative estimate of drug-likeness (QED) is 0.190. The van der Waals surface area contributed by atoms with E-state index in [1.807, 2.05) is 0 Å². The number of hydrogen-bond acceptors (Lipinski definition) is 6. The average Bonchev–Trinajstić information content (AvgIpc) is 2.93. The molecule has 0 unspecified atom stereocenters. The molecule has 0 aliphatic carbocycles. The second kappa shape index (κ2) is 13.0. The molecule has 0 aliphatic rings. The van der Waals surface area contributed by atoms with E-state index in [2.05, 4.69) is 43.4 Å². The van der Waals surface area contributed by atoms with E-state index >= 15 is 0 Å². The molecule has 0 atom stereocenters. The van der Waals surface area contributed by atoms with Crippen molar-refractivity contribution in [2.75, 3.05) is 0 Å². The van der Waals surface area contributed by atoms with Gasteiger partial charge in [0.2, 0.25) is 0 Å². The van der Waals surface area contributed by atoms with Crippen LogP contribution in [-0.2, 0) is 14.4 Å². The van der Waals surface area contributed by atoms with Crippen molar-refractivity contribution in [1.29, 1.82) is 0 Å². The van der Waals surface area contributed by atoms with E-state index < -0.39 is 23.7 Å². The van der Waals surface area contributed by atoms with Gasteiger partial charge in [0.25, 0.3) is 0 Å². The highest BCUT2D eigenvalue weighted by atomic mass is 19.1. The zero-order chi connectivity index (χ0) is 28.4. The van der Waals surface area contributed by atoms with Crippen LogP contribution in [0, 0.1) is 29.5 Å². The molecule has 0 heterocycles. The molecule has 0 radical (unpaired) electrons. The van der Waals surface area contributed by atoms with Gasteiger partial charge in [0.05, 0.1) is 11.1 Å². The highest BCUT2D eigenvalue weighted by molar-refractivity contribution is 5.89. The molecule has 0 fully saturated rings. The summed E-state index contributed by atoms with van der Waals surface area (Å²) < 4.78 is 30.4. The van der Waals surface area contributed by atoms with E-state index in [9.17, 15) is 18.8 Å². The predicted molar refractivity (Wildman–Crippen MR) is 143 cm³/mol. The van der Waals surface area contributed by atoms with Crippen LogP contribution < -0.4 is 14.2 Å². The van der Waals surface area contributed by atoms with E-state index in [-0.39, 0.29) is 22.4 Å². The summed E-state index contributed by atoms with van der Waals surface area (Å²) in [5.74, 6) is 9.22. The Labute approximate surface area is 225 Å². The van der Waals surface area contributed by atoms with Crippen molar-refractivity contribution in [3.05, 3.63) is 126 Å². The van der Waals surface area contributed by atoms with E-state index in [0.717, 1.165) is 18.2 Å². The molecule has 0 aliphatic heterocycles. The Morgan fingerprint density at radius 2 is 1.18 bits per heavy atom. The van der Waals surface area contributed by atoms with Crippen molar-refractivity contribution in [2.24, 2.45) is 0 Å². The van der Waals surface area contributed by atoms with Crippen LogP contribution in [0.1, 0.15) is 29.2 Å². The largest absolute Gasteiger partial charge is 0.423 e. The van der Waals surface area contributed by atoms with E-state index in [4.69, 9.17) is 14.2 Å². The number of carbonyl (C=O) groups excluding carboxylic acids is 3. The molecule has 0 saturated carbocycles. The van der Waals surface area contributed by atoms with Crippen molar-refractivity contribution >= 4 is 17.9 Å². The second-order valence-electron chi connectivity index (χ2n) is 7.80. The molecule has 39 heavy (non-hydrogen) atoms. The first-order valence-electron chi connectivity index (χ1n) is 11.3. The van der Waals surface area contributed by atoms with Gasteiger partial charge in [0.15, 0.2) is 0 Å². The molecule has 0 bridgehead atoms. The van der Waals surface area contributed by atoms with Crippen LogP contribution in [0.25, 0.3) is 0 Å². The second-order valence-corrected chi connectivity index (χ2v) is 7.80. The third kappa shape index (κ3) is 8.18. The maximum Gasteiger partial charge on any atom is 0.338 e. The third-order valence-electron chi connectivity index (χ3n) is 4.78. The minimum Gasteiger partial charge on any atom is -0.423 e. The van der Waals surface area contributed by atoms with Crippen LogP contribution in [0.2, 0.25) is 0 Å². The van der Waals surface area contributed by atoms with E-state index in [1.54, 1.807) is 36.4 Å². The fourth-order valence-corrected chi connectivity index (χ4v) is 2.83. The number of halogens is 1. The monoisotopic (exact) mass is 520 g/mol. The molecule has 192 valence electrons. The average molecular weight is 521 g/mol. The highest BCUT2D eigenvalue weighted by Gasteiger charge is 2.13. The topological polar surface area (TPSA) is 78.9 Å². The predicted octanol–water partition coefficient (Wildman–Crippen LogP) is 5.29. The summed E-state index contributed by atoms with van der Waals surface area (Å²) in [5.41, 5.74) is 1.30. The maximum atomic E-state index is 15.0. The van der Waals surface area contributed by atoms with Gasteiger partial charge in [-0.25, -0.2) is 18.8 Å². The van der Waals surface area contributed by atoms with E-state index in [1.165, 1.54) is 25.1 Å². The summed E-state index contributed by atoms with van der Waals surface area (Å²) in [6.45, 7) is 11.7. The zero-order valence-electron chi connectivity index (χ0n) is 20.9. The molecule has 3 aromatic rings. The number of hydrogen-bond donors (Lipinski definition) is 0. The van der Waals surface area contributed by atoms with Crippen LogP contribution in [0.15, 0.2) is 98.1 Å². The first kappa shape index (κ1) is 27.9. The fraction of sp³-hybridized carbons (Fsp3) is 0.0312. The summed E-state index contributed by atoms with van der Waals surface area (Å²) in [4.78, 5) is 34.8.